The number of esters is 2. The standard InChI is InChI=1S/2C4H7O2.2ClH.Sn/c2*1-3-4(5)6-2;;;/h2*1,3H2,2H3;2*1H;/q;;;;+2/p-2. The van der Waals surface area contributed by atoms with Crippen molar-refractivity contribution in [3.05, 3.63) is 0 Å². The number of hydrogen-bond donors (Lipinski definition) is 0. The van der Waals surface area contributed by atoms with Crippen molar-refractivity contribution in [1.29, 1.82) is 0 Å². The number of hydrogen-bond acceptors (Lipinski definition) is 4. The summed E-state index contributed by atoms with van der Waals surface area (Å²) < 4.78 is 10.9. The number of halogens is 2. The van der Waals surface area contributed by atoms with Crippen LogP contribution in [-0.2, 0) is 19.1 Å². The molecule has 0 amide bonds. The first-order valence-electron chi connectivity index (χ1n) is 4.05. The molecule has 0 bridgehead atoms. The van der Waals surface area contributed by atoms with Crippen LogP contribution < -0.4 is 24.8 Å². The fourth-order valence-electron chi connectivity index (χ4n) is 0.710. The monoisotopic (exact) mass is 364 g/mol. The van der Waals surface area contributed by atoms with Gasteiger partial charge < -0.3 is 24.8 Å². The van der Waals surface area contributed by atoms with Crippen LogP contribution in [-0.4, -0.2) is 47.3 Å². The Balaban J connectivity index is -0.000000720. The van der Waals surface area contributed by atoms with E-state index >= 15 is 0 Å². The van der Waals surface area contributed by atoms with E-state index < -0.39 is 21.1 Å². The van der Waals surface area contributed by atoms with E-state index in [9.17, 15) is 9.59 Å². The van der Waals surface area contributed by atoms with Gasteiger partial charge in [0.2, 0.25) is 0 Å². The summed E-state index contributed by atoms with van der Waals surface area (Å²) in [7, 11) is 2.78. The molecular formula is C8H14Cl2O4Sn. The number of methoxy groups -OCH3 is 2. The van der Waals surface area contributed by atoms with Gasteiger partial charge in [0.1, 0.15) is 0 Å². The van der Waals surface area contributed by atoms with Crippen molar-refractivity contribution < 1.29 is 43.9 Å². The van der Waals surface area contributed by atoms with Crippen LogP contribution >= 0.6 is 0 Å². The average molecular weight is 364 g/mol. The number of carbonyl (C=O) groups excluding carboxylic acids is 2. The Morgan fingerprint density at radius 2 is 1.27 bits per heavy atom. The van der Waals surface area contributed by atoms with Gasteiger partial charge in [-0.05, 0) is 0 Å². The first-order valence-corrected chi connectivity index (χ1v) is 8.08. The van der Waals surface area contributed by atoms with E-state index in [1.807, 2.05) is 0 Å². The first kappa shape index (κ1) is 20.7. The van der Waals surface area contributed by atoms with Crippen LogP contribution in [0.15, 0.2) is 0 Å². The van der Waals surface area contributed by atoms with E-state index in [2.05, 4.69) is 9.47 Å². The van der Waals surface area contributed by atoms with Crippen molar-refractivity contribution >= 4 is 33.1 Å². The minimum atomic E-state index is -0.551. The minimum Gasteiger partial charge on any atom is -1.00 e. The van der Waals surface area contributed by atoms with Gasteiger partial charge in [-0.25, -0.2) is 0 Å². The number of ether oxygens (including phenoxy) is 2. The van der Waals surface area contributed by atoms with E-state index in [0.29, 0.717) is 12.8 Å². The average Bonchev–Trinajstić information content (AvgIpc) is 2.16. The molecule has 15 heavy (non-hydrogen) atoms. The molecule has 0 heterocycles. The molecule has 88 valence electrons. The third kappa shape index (κ3) is 14.3. The molecule has 0 atom stereocenters. The topological polar surface area (TPSA) is 52.6 Å². The van der Waals surface area contributed by atoms with Gasteiger partial charge in [0, 0.05) is 0 Å². The Hall–Kier alpha value is 0.319. The van der Waals surface area contributed by atoms with Crippen LogP contribution in [0.1, 0.15) is 12.8 Å². The molecule has 0 rings (SSSR count). The Bertz CT molecular complexity index is 160. The van der Waals surface area contributed by atoms with E-state index in [0.717, 1.165) is 8.87 Å². The fourth-order valence-corrected chi connectivity index (χ4v) is 3.60. The molecule has 0 spiro atoms. The second-order valence-electron chi connectivity index (χ2n) is 2.40. The van der Waals surface area contributed by atoms with E-state index in [-0.39, 0.29) is 36.8 Å². The summed E-state index contributed by atoms with van der Waals surface area (Å²) in [5, 5.41) is 0. The van der Waals surface area contributed by atoms with Crippen molar-refractivity contribution in [3.63, 3.8) is 0 Å². The van der Waals surface area contributed by atoms with E-state index in [1.54, 1.807) is 0 Å². The van der Waals surface area contributed by atoms with Crippen LogP contribution in [0.5, 0.6) is 0 Å². The van der Waals surface area contributed by atoms with Crippen molar-refractivity contribution in [2.75, 3.05) is 14.2 Å². The minimum absolute atomic E-state index is 0. The molecule has 0 aliphatic carbocycles. The third-order valence-electron chi connectivity index (χ3n) is 1.47. The van der Waals surface area contributed by atoms with Crippen LogP contribution in [0.4, 0.5) is 0 Å². The van der Waals surface area contributed by atoms with Crippen molar-refractivity contribution in [2.45, 2.75) is 21.7 Å². The molecule has 0 fully saturated rings. The summed E-state index contributed by atoms with van der Waals surface area (Å²) in [5.41, 5.74) is 0. The smallest absolute Gasteiger partial charge is 1.00 e. The van der Waals surface area contributed by atoms with Crippen molar-refractivity contribution in [2.24, 2.45) is 0 Å². The van der Waals surface area contributed by atoms with Gasteiger partial charge in [-0.1, -0.05) is 0 Å². The van der Waals surface area contributed by atoms with Gasteiger partial charge in [0.25, 0.3) is 0 Å². The maximum Gasteiger partial charge on any atom is -1.00 e. The third-order valence-corrected chi connectivity index (χ3v) is 4.91. The van der Waals surface area contributed by atoms with Gasteiger partial charge in [-0.3, -0.25) is 0 Å². The molecule has 0 aromatic heterocycles. The summed E-state index contributed by atoms with van der Waals surface area (Å²) >= 11 is -0.551. The summed E-state index contributed by atoms with van der Waals surface area (Å²) in [6.07, 6.45) is 1.01. The molecule has 0 aliphatic rings. The number of rotatable bonds is 6. The maximum absolute atomic E-state index is 10.7. The zero-order valence-corrected chi connectivity index (χ0v) is 13.1. The molecule has 0 aromatic rings. The first-order chi connectivity index (χ1) is 6.20. The van der Waals surface area contributed by atoms with Crippen molar-refractivity contribution in [3.8, 4) is 0 Å². The Morgan fingerprint density at radius 3 is 1.53 bits per heavy atom. The zero-order valence-electron chi connectivity index (χ0n) is 8.72. The SMILES string of the molecule is COC(=O)C[CH2][Sn+2][CH2]CC(=O)OC.[Cl-].[Cl-]. The molecule has 0 unspecified atom stereocenters. The van der Waals surface area contributed by atoms with Crippen LogP contribution in [0, 0.1) is 0 Å². The summed E-state index contributed by atoms with van der Waals surface area (Å²) in [6, 6.07) is 0. The quantitative estimate of drug-likeness (QED) is 0.269. The van der Waals surface area contributed by atoms with Crippen molar-refractivity contribution in [1.82, 2.24) is 0 Å². The van der Waals surface area contributed by atoms with E-state index in [1.165, 1.54) is 14.2 Å². The molecule has 0 saturated heterocycles. The molecule has 0 aromatic carbocycles. The van der Waals surface area contributed by atoms with Gasteiger partial charge in [-0.2, -0.15) is 0 Å². The molecule has 4 nitrogen and oxygen atoms in total. The second kappa shape index (κ2) is 14.3. The summed E-state index contributed by atoms with van der Waals surface area (Å²) in [6.45, 7) is 0. The van der Waals surface area contributed by atoms with Gasteiger partial charge in [0.05, 0.1) is 0 Å². The van der Waals surface area contributed by atoms with Crippen LogP contribution in [0.3, 0.4) is 0 Å². The number of carbonyl (C=O) groups is 2. The molecule has 7 heteroatoms. The molecule has 0 radical (unpaired) electrons. The fraction of sp³-hybridized carbons (Fsp3) is 0.750. The van der Waals surface area contributed by atoms with Crippen LogP contribution in [0.2, 0.25) is 8.87 Å². The normalized spacial score (nSPS) is 7.60. The predicted octanol–water partition coefficient (Wildman–Crippen LogP) is -5.34. The van der Waals surface area contributed by atoms with Gasteiger partial charge >= 0.3 is 88.1 Å². The summed E-state index contributed by atoms with van der Waals surface area (Å²) in [5.74, 6) is -0.307. The van der Waals surface area contributed by atoms with Gasteiger partial charge in [0.15, 0.2) is 0 Å². The second-order valence-corrected chi connectivity index (χ2v) is 6.68. The zero-order chi connectivity index (χ0) is 10.1. The van der Waals surface area contributed by atoms with Crippen LogP contribution in [0.25, 0.3) is 0 Å². The van der Waals surface area contributed by atoms with E-state index in [4.69, 9.17) is 0 Å². The maximum atomic E-state index is 10.7. The Morgan fingerprint density at radius 1 is 0.933 bits per heavy atom. The molecule has 0 N–H and O–H groups in total. The molecule has 0 saturated carbocycles. The Labute approximate surface area is 112 Å². The molecule has 0 aliphatic heterocycles. The predicted molar refractivity (Wildman–Crippen MR) is 48.6 cm³/mol. The summed E-state index contributed by atoms with van der Waals surface area (Å²) in [4.78, 5) is 21.4. The Kier molecular flexibility index (Phi) is 19.8. The largest absolute Gasteiger partial charge is 1.00 e. The molecular weight excluding hydrogens is 350 g/mol. The van der Waals surface area contributed by atoms with Gasteiger partial charge in [-0.15, -0.1) is 0 Å².